The maximum atomic E-state index is 12.6. The van der Waals surface area contributed by atoms with Crippen molar-refractivity contribution in [3.05, 3.63) is 23.8 Å². The molecule has 31 heavy (non-hydrogen) atoms. The molecule has 0 aliphatic carbocycles. The number of piperazine rings is 1. The molecular weight excluding hydrogens is 402 g/mol. The number of rotatable bonds is 7. The van der Waals surface area contributed by atoms with Gasteiger partial charge in [0.2, 0.25) is 11.8 Å². The van der Waals surface area contributed by atoms with E-state index in [4.69, 9.17) is 14.2 Å². The summed E-state index contributed by atoms with van der Waals surface area (Å²) in [5, 5.41) is 2.47. The molecule has 0 aromatic heterocycles. The zero-order chi connectivity index (χ0) is 23.0. The number of carbonyl (C=O) groups is 3. The van der Waals surface area contributed by atoms with E-state index in [0.29, 0.717) is 50.5 Å². The van der Waals surface area contributed by atoms with E-state index in [0.717, 1.165) is 5.56 Å². The van der Waals surface area contributed by atoms with Crippen LogP contribution in [-0.2, 0) is 20.7 Å². The predicted octanol–water partition coefficient (Wildman–Crippen LogP) is 1.83. The standard InChI is InChI=1S/C22H33N3O6/c1-22(2,3)31-21(28)23-15-20(27)25-12-10-24(11-13-25)19(26)9-7-16-6-8-17(29-4)18(14-16)30-5/h6,8,14H,7,9-13,15H2,1-5H3,(H,23,28). The molecule has 0 radical (unpaired) electrons. The molecule has 2 rings (SSSR count). The Morgan fingerprint density at radius 3 is 2.06 bits per heavy atom. The maximum Gasteiger partial charge on any atom is 0.408 e. The van der Waals surface area contributed by atoms with Crippen molar-refractivity contribution in [1.82, 2.24) is 15.1 Å². The van der Waals surface area contributed by atoms with Crippen molar-refractivity contribution in [1.29, 1.82) is 0 Å². The normalized spacial score (nSPS) is 14.1. The van der Waals surface area contributed by atoms with Gasteiger partial charge in [0.1, 0.15) is 12.1 Å². The zero-order valence-electron chi connectivity index (χ0n) is 19.0. The van der Waals surface area contributed by atoms with Gasteiger partial charge in [-0.1, -0.05) is 6.07 Å². The van der Waals surface area contributed by atoms with Crippen LogP contribution in [0, 0.1) is 0 Å². The van der Waals surface area contributed by atoms with E-state index in [2.05, 4.69) is 5.32 Å². The SMILES string of the molecule is COc1ccc(CCC(=O)N2CCN(C(=O)CNC(=O)OC(C)(C)C)CC2)cc1OC. The van der Waals surface area contributed by atoms with Gasteiger partial charge in [0, 0.05) is 32.6 Å². The van der Waals surface area contributed by atoms with Crippen LogP contribution >= 0.6 is 0 Å². The topological polar surface area (TPSA) is 97.4 Å². The third kappa shape index (κ3) is 7.66. The number of methoxy groups -OCH3 is 2. The number of nitrogens with one attached hydrogen (secondary N) is 1. The zero-order valence-corrected chi connectivity index (χ0v) is 19.0. The lowest BCUT2D eigenvalue weighted by molar-refractivity contribution is -0.139. The molecule has 1 fully saturated rings. The Bertz CT molecular complexity index is 782. The molecule has 1 aromatic carbocycles. The molecule has 1 aliphatic rings. The summed E-state index contributed by atoms with van der Waals surface area (Å²) in [6, 6.07) is 5.62. The van der Waals surface area contributed by atoms with Crippen LogP contribution in [0.4, 0.5) is 4.79 Å². The second kappa shape index (κ2) is 10.9. The highest BCUT2D eigenvalue weighted by Gasteiger charge is 2.25. The number of nitrogens with zero attached hydrogens (tertiary/aromatic N) is 2. The van der Waals surface area contributed by atoms with Crippen molar-refractivity contribution in [3.8, 4) is 11.5 Å². The molecule has 0 unspecified atom stereocenters. The van der Waals surface area contributed by atoms with Gasteiger partial charge in [0.15, 0.2) is 11.5 Å². The minimum atomic E-state index is -0.621. The molecule has 172 valence electrons. The van der Waals surface area contributed by atoms with Crippen LogP contribution in [0.2, 0.25) is 0 Å². The van der Waals surface area contributed by atoms with E-state index in [1.54, 1.807) is 44.8 Å². The molecule has 1 aromatic rings. The number of ether oxygens (including phenoxy) is 3. The molecular formula is C22H33N3O6. The van der Waals surface area contributed by atoms with Gasteiger partial charge >= 0.3 is 6.09 Å². The highest BCUT2D eigenvalue weighted by Crippen LogP contribution is 2.28. The van der Waals surface area contributed by atoms with Crippen LogP contribution in [0.3, 0.4) is 0 Å². The second-order valence-electron chi connectivity index (χ2n) is 8.31. The monoisotopic (exact) mass is 435 g/mol. The minimum absolute atomic E-state index is 0.0498. The van der Waals surface area contributed by atoms with E-state index < -0.39 is 11.7 Å². The van der Waals surface area contributed by atoms with Crippen molar-refractivity contribution in [2.24, 2.45) is 0 Å². The number of aryl methyl sites for hydroxylation is 1. The summed E-state index contributed by atoms with van der Waals surface area (Å²) in [7, 11) is 3.16. The van der Waals surface area contributed by atoms with Crippen molar-refractivity contribution in [3.63, 3.8) is 0 Å². The third-order valence-corrected chi connectivity index (χ3v) is 4.84. The quantitative estimate of drug-likeness (QED) is 0.702. The Morgan fingerprint density at radius 1 is 0.935 bits per heavy atom. The lowest BCUT2D eigenvalue weighted by Gasteiger charge is -2.35. The summed E-state index contributed by atoms with van der Waals surface area (Å²) in [4.78, 5) is 40.0. The number of amides is 3. The molecule has 1 aliphatic heterocycles. The van der Waals surface area contributed by atoms with Gasteiger partial charge in [-0.15, -0.1) is 0 Å². The predicted molar refractivity (Wildman–Crippen MR) is 115 cm³/mol. The van der Waals surface area contributed by atoms with Crippen LogP contribution in [0.15, 0.2) is 18.2 Å². The van der Waals surface area contributed by atoms with E-state index in [9.17, 15) is 14.4 Å². The summed E-state index contributed by atoms with van der Waals surface area (Å²) in [5.74, 6) is 1.15. The van der Waals surface area contributed by atoms with Gasteiger partial charge in [0.05, 0.1) is 14.2 Å². The lowest BCUT2D eigenvalue weighted by atomic mass is 10.1. The van der Waals surface area contributed by atoms with Crippen molar-refractivity contribution < 1.29 is 28.6 Å². The molecule has 0 spiro atoms. The molecule has 1 heterocycles. The average molecular weight is 436 g/mol. The first-order chi connectivity index (χ1) is 14.6. The Labute approximate surface area is 183 Å². The molecule has 9 heteroatoms. The van der Waals surface area contributed by atoms with Crippen LogP contribution in [0.5, 0.6) is 11.5 Å². The van der Waals surface area contributed by atoms with Crippen LogP contribution in [0.1, 0.15) is 32.8 Å². The second-order valence-corrected chi connectivity index (χ2v) is 8.31. The average Bonchev–Trinajstić information content (AvgIpc) is 2.74. The van der Waals surface area contributed by atoms with E-state index in [-0.39, 0.29) is 18.4 Å². The lowest BCUT2D eigenvalue weighted by Crippen LogP contribution is -2.52. The molecule has 1 saturated heterocycles. The van der Waals surface area contributed by atoms with Crippen molar-refractivity contribution >= 4 is 17.9 Å². The highest BCUT2D eigenvalue weighted by molar-refractivity contribution is 5.83. The number of carbonyl (C=O) groups excluding carboxylic acids is 3. The van der Waals surface area contributed by atoms with Crippen LogP contribution in [0.25, 0.3) is 0 Å². The number of hydrogen-bond acceptors (Lipinski definition) is 6. The Kier molecular flexibility index (Phi) is 8.53. The van der Waals surface area contributed by atoms with Crippen molar-refractivity contribution in [2.75, 3.05) is 46.9 Å². The molecule has 9 nitrogen and oxygen atoms in total. The number of benzene rings is 1. The summed E-state index contributed by atoms with van der Waals surface area (Å²) in [6.07, 6.45) is 0.353. The van der Waals surface area contributed by atoms with Gasteiger partial charge in [-0.05, 0) is 44.9 Å². The van der Waals surface area contributed by atoms with E-state index in [1.165, 1.54) is 0 Å². The van der Waals surface area contributed by atoms with E-state index in [1.807, 2.05) is 18.2 Å². The Hall–Kier alpha value is -2.97. The van der Waals surface area contributed by atoms with Gasteiger partial charge < -0.3 is 29.3 Å². The minimum Gasteiger partial charge on any atom is -0.493 e. The first-order valence-electron chi connectivity index (χ1n) is 10.4. The van der Waals surface area contributed by atoms with E-state index >= 15 is 0 Å². The third-order valence-electron chi connectivity index (χ3n) is 4.84. The first-order valence-corrected chi connectivity index (χ1v) is 10.4. The Balaban J connectivity index is 1.75. The van der Waals surface area contributed by atoms with Crippen LogP contribution in [-0.4, -0.2) is 80.3 Å². The van der Waals surface area contributed by atoms with Crippen LogP contribution < -0.4 is 14.8 Å². The van der Waals surface area contributed by atoms with Gasteiger partial charge in [-0.3, -0.25) is 9.59 Å². The highest BCUT2D eigenvalue weighted by atomic mass is 16.6. The fourth-order valence-corrected chi connectivity index (χ4v) is 3.22. The summed E-state index contributed by atoms with van der Waals surface area (Å²) >= 11 is 0. The first kappa shape index (κ1) is 24.3. The number of alkyl carbamates (subject to hydrolysis) is 1. The summed E-state index contributed by atoms with van der Waals surface area (Å²) in [5.41, 5.74) is 0.379. The smallest absolute Gasteiger partial charge is 0.408 e. The fourth-order valence-electron chi connectivity index (χ4n) is 3.22. The molecule has 3 amide bonds. The fraction of sp³-hybridized carbons (Fsp3) is 0.591. The molecule has 0 bridgehead atoms. The van der Waals surface area contributed by atoms with Gasteiger partial charge in [-0.25, -0.2) is 4.79 Å². The summed E-state index contributed by atoms with van der Waals surface area (Å²) in [6.45, 7) is 6.99. The molecule has 1 N–H and O–H groups in total. The largest absolute Gasteiger partial charge is 0.493 e. The molecule has 0 saturated carbocycles. The van der Waals surface area contributed by atoms with Crippen molar-refractivity contribution in [2.45, 2.75) is 39.2 Å². The number of hydrogen-bond donors (Lipinski definition) is 1. The maximum absolute atomic E-state index is 12.6. The Morgan fingerprint density at radius 2 is 1.52 bits per heavy atom. The van der Waals surface area contributed by atoms with Gasteiger partial charge in [0.25, 0.3) is 0 Å². The van der Waals surface area contributed by atoms with Gasteiger partial charge in [-0.2, -0.15) is 0 Å². The molecule has 0 atom stereocenters. The summed E-state index contributed by atoms with van der Waals surface area (Å²) < 4.78 is 15.7.